The predicted molar refractivity (Wildman–Crippen MR) is 87.7 cm³/mol. The summed E-state index contributed by atoms with van der Waals surface area (Å²) in [6.45, 7) is 4.13. The number of carbonyl (C=O) groups excluding carboxylic acids is 1. The maximum Gasteiger partial charge on any atom is 0.251 e. The van der Waals surface area contributed by atoms with Gasteiger partial charge < -0.3 is 5.32 Å². The van der Waals surface area contributed by atoms with Crippen molar-refractivity contribution in [2.45, 2.75) is 32.2 Å². The average molecular weight is 302 g/mol. The molecule has 0 aromatic heterocycles. The second-order valence-electron chi connectivity index (χ2n) is 5.18. The van der Waals surface area contributed by atoms with Gasteiger partial charge in [-0.15, -0.1) is 11.6 Å². The zero-order valence-corrected chi connectivity index (χ0v) is 13.2. The van der Waals surface area contributed by atoms with Gasteiger partial charge in [-0.3, -0.25) is 4.79 Å². The summed E-state index contributed by atoms with van der Waals surface area (Å²) in [6.07, 6.45) is 0.856. The number of hydrogen-bond donors (Lipinski definition) is 1. The molecule has 21 heavy (non-hydrogen) atoms. The van der Waals surface area contributed by atoms with Gasteiger partial charge in [0.25, 0.3) is 5.91 Å². The first-order chi connectivity index (χ1) is 10.1. The van der Waals surface area contributed by atoms with E-state index < -0.39 is 0 Å². The predicted octanol–water partition coefficient (Wildman–Crippen LogP) is 4.61. The number of benzene rings is 2. The van der Waals surface area contributed by atoms with Gasteiger partial charge in [0.1, 0.15) is 0 Å². The fourth-order valence-electron chi connectivity index (χ4n) is 2.21. The van der Waals surface area contributed by atoms with Crippen LogP contribution in [-0.4, -0.2) is 5.91 Å². The maximum absolute atomic E-state index is 12.3. The Bertz CT molecular complexity index is 590. The van der Waals surface area contributed by atoms with Crippen LogP contribution in [0.4, 0.5) is 0 Å². The number of hydrogen-bond acceptors (Lipinski definition) is 1. The third-order valence-corrected chi connectivity index (χ3v) is 3.87. The molecule has 0 fully saturated rings. The standard InChI is InChI=1S/C18H20ClNO/c1-3-17(15-8-4-13(2)5-9-15)20-18(21)16-10-6-14(12-19)7-11-16/h4-11,17H,3,12H2,1-2H3,(H,20,21). The molecule has 1 atom stereocenters. The average Bonchev–Trinajstić information content (AvgIpc) is 2.53. The number of carbonyl (C=O) groups is 1. The van der Waals surface area contributed by atoms with Gasteiger partial charge in [-0.05, 0) is 36.6 Å². The Morgan fingerprint density at radius 2 is 1.71 bits per heavy atom. The monoisotopic (exact) mass is 301 g/mol. The Morgan fingerprint density at radius 3 is 2.24 bits per heavy atom. The lowest BCUT2D eigenvalue weighted by atomic mass is 10.0. The lowest BCUT2D eigenvalue weighted by Crippen LogP contribution is -2.28. The van der Waals surface area contributed by atoms with Crippen LogP contribution in [0.1, 0.15) is 46.4 Å². The van der Waals surface area contributed by atoms with Crippen LogP contribution < -0.4 is 5.32 Å². The topological polar surface area (TPSA) is 29.1 Å². The van der Waals surface area contributed by atoms with Crippen molar-refractivity contribution in [2.24, 2.45) is 0 Å². The van der Waals surface area contributed by atoms with Crippen LogP contribution in [0.25, 0.3) is 0 Å². The maximum atomic E-state index is 12.3. The molecule has 1 unspecified atom stereocenters. The molecule has 0 heterocycles. The van der Waals surface area contributed by atoms with E-state index in [1.807, 2.05) is 24.3 Å². The Labute approximate surface area is 131 Å². The molecule has 0 saturated heterocycles. The van der Waals surface area contributed by atoms with Gasteiger partial charge >= 0.3 is 0 Å². The fourth-order valence-corrected chi connectivity index (χ4v) is 2.38. The third kappa shape index (κ3) is 4.08. The van der Waals surface area contributed by atoms with Gasteiger partial charge in [0, 0.05) is 11.4 Å². The first-order valence-corrected chi connectivity index (χ1v) is 7.69. The number of rotatable bonds is 5. The highest BCUT2D eigenvalue weighted by Crippen LogP contribution is 2.18. The van der Waals surface area contributed by atoms with E-state index >= 15 is 0 Å². The quantitative estimate of drug-likeness (QED) is 0.803. The van der Waals surface area contributed by atoms with Crippen LogP contribution in [0.15, 0.2) is 48.5 Å². The van der Waals surface area contributed by atoms with Gasteiger partial charge in [0.05, 0.1) is 6.04 Å². The highest BCUT2D eigenvalue weighted by Gasteiger charge is 2.13. The van der Waals surface area contributed by atoms with Crippen molar-refractivity contribution in [3.05, 3.63) is 70.8 Å². The summed E-state index contributed by atoms with van der Waals surface area (Å²) in [7, 11) is 0. The molecule has 2 nitrogen and oxygen atoms in total. The summed E-state index contributed by atoms with van der Waals surface area (Å²) in [5.41, 5.74) is 4.03. The van der Waals surface area contributed by atoms with Crippen LogP contribution in [-0.2, 0) is 5.88 Å². The molecule has 2 aromatic carbocycles. The second kappa shape index (κ2) is 7.28. The molecule has 2 aromatic rings. The first kappa shape index (κ1) is 15.6. The van der Waals surface area contributed by atoms with Crippen LogP contribution in [0.3, 0.4) is 0 Å². The summed E-state index contributed by atoms with van der Waals surface area (Å²) >= 11 is 5.76. The summed E-state index contributed by atoms with van der Waals surface area (Å²) in [6, 6.07) is 15.7. The number of halogens is 1. The number of aryl methyl sites for hydroxylation is 1. The molecule has 110 valence electrons. The molecule has 1 amide bonds. The zero-order chi connectivity index (χ0) is 15.2. The molecule has 0 aliphatic heterocycles. The van der Waals surface area contributed by atoms with E-state index in [0.717, 1.165) is 17.5 Å². The zero-order valence-electron chi connectivity index (χ0n) is 12.4. The second-order valence-corrected chi connectivity index (χ2v) is 5.44. The molecule has 0 saturated carbocycles. The van der Waals surface area contributed by atoms with Crippen LogP contribution in [0, 0.1) is 6.92 Å². The molecule has 3 heteroatoms. The van der Waals surface area contributed by atoms with Gasteiger partial charge in [0.2, 0.25) is 0 Å². The molecule has 0 aliphatic carbocycles. The van der Waals surface area contributed by atoms with Crippen molar-refractivity contribution in [1.82, 2.24) is 5.32 Å². The summed E-state index contributed by atoms with van der Waals surface area (Å²) in [4.78, 5) is 12.3. The van der Waals surface area contributed by atoms with Crippen LogP contribution >= 0.6 is 11.6 Å². The minimum Gasteiger partial charge on any atom is -0.345 e. The Morgan fingerprint density at radius 1 is 1.10 bits per heavy atom. The number of amides is 1. The molecular formula is C18H20ClNO. The largest absolute Gasteiger partial charge is 0.345 e. The van der Waals surface area contributed by atoms with E-state index in [4.69, 9.17) is 11.6 Å². The van der Waals surface area contributed by atoms with Crippen molar-refractivity contribution in [3.63, 3.8) is 0 Å². The summed E-state index contributed by atoms with van der Waals surface area (Å²) in [5.74, 6) is 0.409. The molecule has 0 bridgehead atoms. The SMILES string of the molecule is CCC(NC(=O)c1ccc(CCl)cc1)c1ccc(C)cc1. The Balaban J connectivity index is 2.10. The molecule has 0 radical (unpaired) electrons. The number of nitrogens with one attached hydrogen (secondary N) is 1. The van der Waals surface area contributed by atoms with Crippen LogP contribution in [0.5, 0.6) is 0 Å². The van der Waals surface area contributed by atoms with E-state index in [0.29, 0.717) is 11.4 Å². The summed E-state index contributed by atoms with van der Waals surface area (Å²) < 4.78 is 0. The highest BCUT2D eigenvalue weighted by molar-refractivity contribution is 6.17. The van der Waals surface area contributed by atoms with Crippen molar-refractivity contribution in [2.75, 3.05) is 0 Å². The normalized spacial score (nSPS) is 12.0. The van der Waals surface area contributed by atoms with E-state index in [9.17, 15) is 4.79 Å². The summed E-state index contributed by atoms with van der Waals surface area (Å²) in [5, 5.41) is 3.08. The fraction of sp³-hybridized carbons (Fsp3) is 0.278. The van der Waals surface area contributed by atoms with Gasteiger partial charge in [-0.1, -0.05) is 48.9 Å². The van der Waals surface area contributed by atoms with Crippen LogP contribution in [0.2, 0.25) is 0 Å². The van der Waals surface area contributed by atoms with Gasteiger partial charge in [-0.25, -0.2) is 0 Å². The molecule has 0 aliphatic rings. The number of alkyl halides is 1. The molecule has 2 rings (SSSR count). The minimum absolute atomic E-state index is 0.0332. The molecular weight excluding hydrogens is 282 g/mol. The Hall–Kier alpha value is -1.80. The van der Waals surface area contributed by atoms with Gasteiger partial charge in [0.15, 0.2) is 0 Å². The van der Waals surface area contributed by atoms with E-state index in [2.05, 4.69) is 43.4 Å². The van der Waals surface area contributed by atoms with Crippen molar-refractivity contribution < 1.29 is 4.79 Å². The van der Waals surface area contributed by atoms with Crippen molar-refractivity contribution in [3.8, 4) is 0 Å². The Kier molecular flexibility index (Phi) is 5.40. The molecule has 0 spiro atoms. The van der Waals surface area contributed by atoms with Gasteiger partial charge in [-0.2, -0.15) is 0 Å². The van der Waals surface area contributed by atoms with Crippen molar-refractivity contribution >= 4 is 17.5 Å². The van der Waals surface area contributed by atoms with E-state index in [1.54, 1.807) is 0 Å². The first-order valence-electron chi connectivity index (χ1n) is 7.16. The lowest BCUT2D eigenvalue weighted by Gasteiger charge is -2.18. The lowest BCUT2D eigenvalue weighted by molar-refractivity contribution is 0.0935. The minimum atomic E-state index is -0.0523. The third-order valence-electron chi connectivity index (χ3n) is 3.56. The van der Waals surface area contributed by atoms with E-state index in [-0.39, 0.29) is 11.9 Å². The highest BCUT2D eigenvalue weighted by atomic mass is 35.5. The smallest absolute Gasteiger partial charge is 0.251 e. The molecule has 1 N–H and O–H groups in total. The van der Waals surface area contributed by atoms with Crippen molar-refractivity contribution in [1.29, 1.82) is 0 Å². The van der Waals surface area contributed by atoms with E-state index in [1.165, 1.54) is 5.56 Å².